The SMILES string of the molecule is Cc1ccc2nc(CC3(C(=O)O)CCCC3)[nH]c2c1. The van der Waals surface area contributed by atoms with Crippen LogP contribution in [-0.4, -0.2) is 21.0 Å². The zero-order chi connectivity index (χ0) is 13.5. The highest BCUT2D eigenvalue weighted by molar-refractivity contribution is 5.77. The minimum atomic E-state index is -0.679. The van der Waals surface area contributed by atoms with Crippen LogP contribution in [0.25, 0.3) is 11.0 Å². The molecule has 0 radical (unpaired) electrons. The Balaban J connectivity index is 1.94. The second-order valence-electron chi connectivity index (χ2n) is 5.67. The molecule has 0 unspecified atom stereocenters. The van der Waals surface area contributed by atoms with Crippen LogP contribution in [0.15, 0.2) is 18.2 Å². The molecule has 0 bridgehead atoms. The number of H-pyrrole nitrogens is 1. The third-order valence-corrected chi connectivity index (χ3v) is 4.21. The highest BCUT2D eigenvalue weighted by Gasteiger charge is 2.42. The summed E-state index contributed by atoms with van der Waals surface area (Å²) in [5.74, 6) is 0.117. The van der Waals surface area contributed by atoms with Crippen molar-refractivity contribution >= 4 is 17.0 Å². The van der Waals surface area contributed by atoms with E-state index >= 15 is 0 Å². The van der Waals surface area contributed by atoms with E-state index in [4.69, 9.17) is 0 Å². The number of rotatable bonds is 3. The van der Waals surface area contributed by atoms with Gasteiger partial charge in [-0.1, -0.05) is 18.9 Å². The molecule has 0 atom stereocenters. The molecular weight excluding hydrogens is 240 g/mol. The van der Waals surface area contributed by atoms with E-state index in [0.717, 1.165) is 42.5 Å². The molecule has 1 saturated carbocycles. The van der Waals surface area contributed by atoms with Crippen LogP contribution in [-0.2, 0) is 11.2 Å². The molecule has 0 aliphatic heterocycles. The molecular formula is C15H18N2O2. The molecule has 1 heterocycles. The van der Waals surface area contributed by atoms with Crippen molar-refractivity contribution in [3.05, 3.63) is 29.6 Å². The lowest BCUT2D eigenvalue weighted by Gasteiger charge is -2.22. The number of hydrogen-bond donors (Lipinski definition) is 2. The van der Waals surface area contributed by atoms with Crippen LogP contribution < -0.4 is 0 Å². The third-order valence-electron chi connectivity index (χ3n) is 4.21. The fraction of sp³-hybridized carbons (Fsp3) is 0.467. The van der Waals surface area contributed by atoms with Crippen molar-refractivity contribution in [2.75, 3.05) is 0 Å². The minimum absolute atomic E-state index is 0.510. The normalized spacial score (nSPS) is 17.9. The first-order valence-electron chi connectivity index (χ1n) is 6.78. The van der Waals surface area contributed by atoms with E-state index in [0.29, 0.717) is 6.42 Å². The summed E-state index contributed by atoms with van der Waals surface area (Å²) >= 11 is 0. The summed E-state index contributed by atoms with van der Waals surface area (Å²) in [6.07, 6.45) is 4.05. The van der Waals surface area contributed by atoms with Crippen molar-refractivity contribution < 1.29 is 9.90 Å². The van der Waals surface area contributed by atoms with Gasteiger partial charge in [-0.05, 0) is 37.5 Å². The number of carboxylic acids is 1. The maximum Gasteiger partial charge on any atom is 0.310 e. The maximum absolute atomic E-state index is 11.6. The molecule has 0 saturated heterocycles. The molecule has 100 valence electrons. The topological polar surface area (TPSA) is 66.0 Å². The number of carbonyl (C=O) groups is 1. The Morgan fingerprint density at radius 2 is 2.16 bits per heavy atom. The second kappa shape index (κ2) is 4.37. The van der Waals surface area contributed by atoms with Gasteiger partial charge in [0, 0.05) is 6.42 Å². The molecule has 0 spiro atoms. The number of aryl methyl sites for hydroxylation is 1. The van der Waals surface area contributed by atoms with Gasteiger partial charge in [0.1, 0.15) is 5.82 Å². The number of nitrogens with zero attached hydrogens (tertiary/aromatic N) is 1. The minimum Gasteiger partial charge on any atom is -0.481 e. The van der Waals surface area contributed by atoms with Crippen LogP contribution in [0.5, 0.6) is 0 Å². The molecule has 1 aromatic heterocycles. The number of aromatic nitrogens is 2. The number of aliphatic carboxylic acids is 1. The maximum atomic E-state index is 11.6. The number of nitrogens with one attached hydrogen (secondary N) is 1. The van der Waals surface area contributed by atoms with Gasteiger partial charge in [-0.3, -0.25) is 4.79 Å². The third kappa shape index (κ3) is 2.11. The summed E-state index contributed by atoms with van der Waals surface area (Å²) in [6.45, 7) is 2.04. The standard InChI is InChI=1S/C15H18N2O2/c1-10-4-5-11-12(8-10)17-13(16-11)9-15(14(18)19)6-2-3-7-15/h4-5,8H,2-3,6-7,9H2,1H3,(H,16,17)(H,18,19). The van der Waals surface area contributed by atoms with E-state index in [9.17, 15) is 9.90 Å². The summed E-state index contributed by atoms with van der Waals surface area (Å²) in [5.41, 5.74) is 2.48. The number of carboxylic acid groups (broad SMARTS) is 1. The van der Waals surface area contributed by atoms with Crippen molar-refractivity contribution in [1.82, 2.24) is 9.97 Å². The van der Waals surface area contributed by atoms with Gasteiger partial charge in [-0.25, -0.2) is 4.98 Å². The van der Waals surface area contributed by atoms with E-state index in [-0.39, 0.29) is 0 Å². The van der Waals surface area contributed by atoms with Gasteiger partial charge < -0.3 is 10.1 Å². The first kappa shape index (κ1) is 12.2. The summed E-state index contributed by atoms with van der Waals surface area (Å²) in [7, 11) is 0. The molecule has 1 aromatic carbocycles. The fourth-order valence-corrected chi connectivity index (χ4v) is 3.10. The van der Waals surface area contributed by atoms with Gasteiger partial charge in [0.05, 0.1) is 16.4 Å². The summed E-state index contributed by atoms with van der Waals surface area (Å²) in [5, 5.41) is 9.50. The molecule has 2 N–H and O–H groups in total. The average Bonchev–Trinajstić information content (AvgIpc) is 2.96. The Bertz CT molecular complexity index is 624. The van der Waals surface area contributed by atoms with Crippen molar-refractivity contribution in [2.24, 2.45) is 5.41 Å². The number of benzene rings is 1. The lowest BCUT2D eigenvalue weighted by molar-refractivity contribution is -0.148. The van der Waals surface area contributed by atoms with Gasteiger partial charge in [0.25, 0.3) is 0 Å². The van der Waals surface area contributed by atoms with E-state index in [1.165, 1.54) is 5.56 Å². The van der Waals surface area contributed by atoms with Gasteiger partial charge in [-0.15, -0.1) is 0 Å². The zero-order valence-electron chi connectivity index (χ0n) is 11.1. The number of aromatic amines is 1. The summed E-state index contributed by atoms with van der Waals surface area (Å²) < 4.78 is 0. The Kier molecular flexibility index (Phi) is 2.81. The number of hydrogen-bond acceptors (Lipinski definition) is 2. The van der Waals surface area contributed by atoms with Crippen LogP contribution in [0.1, 0.15) is 37.1 Å². The van der Waals surface area contributed by atoms with Gasteiger partial charge in [0.15, 0.2) is 0 Å². The summed E-state index contributed by atoms with van der Waals surface area (Å²) in [6, 6.07) is 6.05. The molecule has 3 rings (SSSR count). The first-order valence-corrected chi connectivity index (χ1v) is 6.78. The first-order chi connectivity index (χ1) is 9.09. The molecule has 4 heteroatoms. The van der Waals surface area contributed by atoms with E-state index in [1.54, 1.807) is 0 Å². The van der Waals surface area contributed by atoms with Crippen LogP contribution in [0, 0.1) is 12.3 Å². The Hall–Kier alpha value is -1.84. The molecule has 1 aliphatic carbocycles. The molecule has 1 aliphatic rings. The van der Waals surface area contributed by atoms with Crippen molar-refractivity contribution in [3.63, 3.8) is 0 Å². The highest BCUT2D eigenvalue weighted by Crippen LogP contribution is 2.41. The van der Waals surface area contributed by atoms with E-state index < -0.39 is 11.4 Å². The lowest BCUT2D eigenvalue weighted by atomic mass is 9.82. The molecule has 4 nitrogen and oxygen atoms in total. The monoisotopic (exact) mass is 258 g/mol. The van der Waals surface area contributed by atoms with Crippen LogP contribution in [0.4, 0.5) is 0 Å². The van der Waals surface area contributed by atoms with Crippen molar-refractivity contribution in [1.29, 1.82) is 0 Å². The number of fused-ring (bicyclic) bond motifs is 1. The van der Waals surface area contributed by atoms with Crippen LogP contribution in [0.3, 0.4) is 0 Å². The molecule has 2 aromatic rings. The smallest absolute Gasteiger partial charge is 0.310 e. The van der Waals surface area contributed by atoms with E-state index in [1.807, 2.05) is 25.1 Å². The van der Waals surface area contributed by atoms with Crippen molar-refractivity contribution in [3.8, 4) is 0 Å². The predicted molar refractivity (Wildman–Crippen MR) is 73.1 cm³/mol. The largest absolute Gasteiger partial charge is 0.481 e. The van der Waals surface area contributed by atoms with Crippen LogP contribution in [0.2, 0.25) is 0 Å². The zero-order valence-corrected chi connectivity index (χ0v) is 11.1. The quantitative estimate of drug-likeness (QED) is 0.889. The van der Waals surface area contributed by atoms with Gasteiger partial charge >= 0.3 is 5.97 Å². The highest BCUT2D eigenvalue weighted by atomic mass is 16.4. The predicted octanol–water partition coefficient (Wildman–Crippen LogP) is 3.06. The fourth-order valence-electron chi connectivity index (χ4n) is 3.10. The molecule has 19 heavy (non-hydrogen) atoms. The molecule has 1 fully saturated rings. The van der Waals surface area contributed by atoms with E-state index in [2.05, 4.69) is 9.97 Å². The summed E-state index contributed by atoms with van der Waals surface area (Å²) in [4.78, 5) is 19.3. The Morgan fingerprint density at radius 3 is 2.84 bits per heavy atom. The second-order valence-corrected chi connectivity index (χ2v) is 5.67. The van der Waals surface area contributed by atoms with Crippen molar-refractivity contribution in [2.45, 2.75) is 39.0 Å². The van der Waals surface area contributed by atoms with Gasteiger partial charge in [-0.2, -0.15) is 0 Å². The Labute approximate surface area is 111 Å². The van der Waals surface area contributed by atoms with Gasteiger partial charge in [0.2, 0.25) is 0 Å². The number of imidazole rings is 1. The average molecular weight is 258 g/mol. The molecule has 0 amide bonds. The lowest BCUT2D eigenvalue weighted by Crippen LogP contribution is -2.30. The Morgan fingerprint density at radius 1 is 1.42 bits per heavy atom. The van der Waals surface area contributed by atoms with Crippen LogP contribution >= 0.6 is 0 Å².